The zero-order valence-corrected chi connectivity index (χ0v) is 10.8. The molecule has 2 amide bonds. The molecule has 0 unspecified atom stereocenters. The van der Waals surface area contributed by atoms with Gasteiger partial charge >= 0.3 is 0 Å². The van der Waals surface area contributed by atoms with Crippen LogP contribution >= 0.6 is 0 Å². The maximum atomic E-state index is 11.1. The highest BCUT2D eigenvalue weighted by Crippen LogP contribution is 2.18. The molecule has 2 rings (SSSR count). The van der Waals surface area contributed by atoms with E-state index in [2.05, 4.69) is 4.90 Å². The molecule has 1 fully saturated rings. The van der Waals surface area contributed by atoms with E-state index in [1.165, 1.54) is 0 Å². The van der Waals surface area contributed by atoms with Gasteiger partial charge in [-0.25, -0.2) is 0 Å². The zero-order valence-electron chi connectivity index (χ0n) is 10.8. The summed E-state index contributed by atoms with van der Waals surface area (Å²) in [6.45, 7) is 2.58. The van der Waals surface area contributed by atoms with E-state index in [0.29, 0.717) is 5.56 Å². The third-order valence-electron chi connectivity index (χ3n) is 3.63. The molecule has 19 heavy (non-hydrogen) atoms. The van der Waals surface area contributed by atoms with Gasteiger partial charge in [0.2, 0.25) is 11.8 Å². The second-order valence-electron chi connectivity index (χ2n) is 5.01. The van der Waals surface area contributed by atoms with Crippen LogP contribution in [0.3, 0.4) is 0 Å². The number of rotatable bonds is 4. The van der Waals surface area contributed by atoms with Crippen molar-refractivity contribution in [2.24, 2.45) is 17.4 Å². The highest BCUT2D eigenvalue weighted by atomic mass is 16.1. The number of likely N-dealkylation sites (tertiary alicyclic amines) is 1. The molecule has 1 aliphatic heterocycles. The molecule has 0 saturated carbocycles. The predicted molar refractivity (Wildman–Crippen MR) is 72.2 cm³/mol. The molecule has 102 valence electrons. The van der Waals surface area contributed by atoms with Crippen LogP contribution in [0.4, 0.5) is 0 Å². The van der Waals surface area contributed by atoms with Crippen molar-refractivity contribution in [1.82, 2.24) is 4.90 Å². The molecular weight excluding hydrogens is 242 g/mol. The number of hydrogen-bond acceptors (Lipinski definition) is 3. The normalized spacial score (nSPS) is 17.3. The molecule has 1 saturated heterocycles. The van der Waals surface area contributed by atoms with E-state index in [9.17, 15) is 9.59 Å². The van der Waals surface area contributed by atoms with Crippen LogP contribution in [-0.4, -0.2) is 29.8 Å². The zero-order chi connectivity index (χ0) is 13.8. The molecule has 5 heteroatoms. The Labute approximate surface area is 112 Å². The van der Waals surface area contributed by atoms with Crippen LogP contribution in [-0.2, 0) is 11.3 Å². The number of nitrogens with two attached hydrogens (primary N) is 2. The van der Waals surface area contributed by atoms with Gasteiger partial charge in [0.15, 0.2) is 0 Å². The van der Waals surface area contributed by atoms with Gasteiger partial charge in [-0.3, -0.25) is 14.5 Å². The van der Waals surface area contributed by atoms with E-state index >= 15 is 0 Å². The smallest absolute Gasteiger partial charge is 0.248 e. The summed E-state index contributed by atoms with van der Waals surface area (Å²) in [5.41, 5.74) is 12.2. The summed E-state index contributed by atoms with van der Waals surface area (Å²) in [5.74, 6) is -0.576. The molecule has 0 bridgehead atoms. The van der Waals surface area contributed by atoms with Crippen molar-refractivity contribution < 1.29 is 9.59 Å². The number of amides is 2. The molecule has 0 radical (unpaired) electrons. The summed E-state index contributed by atoms with van der Waals surface area (Å²) in [4.78, 5) is 24.3. The molecule has 4 N–H and O–H groups in total. The average Bonchev–Trinajstić information content (AvgIpc) is 2.40. The Morgan fingerprint density at radius 2 is 1.68 bits per heavy atom. The number of carbonyl (C=O) groups excluding carboxylic acids is 2. The molecule has 1 aromatic rings. The minimum Gasteiger partial charge on any atom is -0.369 e. The predicted octanol–water partition coefficient (Wildman–Crippen LogP) is 0.483. The van der Waals surface area contributed by atoms with Gasteiger partial charge in [-0.1, -0.05) is 12.1 Å². The Morgan fingerprint density at radius 1 is 1.11 bits per heavy atom. The summed E-state index contributed by atoms with van der Waals surface area (Å²) >= 11 is 0. The SMILES string of the molecule is NC(=O)c1ccc(CN2CCC(C(N)=O)CC2)cc1. The first-order valence-electron chi connectivity index (χ1n) is 6.46. The number of primary amides is 2. The molecule has 0 spiro atoms. The topological polar surface area (TPSA) is 89.4 Å². The van der Waals surface area contributed by atoms with E-state index in [1.807, 2.05) is 12.1 Å². The summed E-state index contributed by atoms with van der Waals surface area (Å²) < 4.78 is 0. The van der Waals surface area contributed by atoms with E-state index in [-0.39, 0.29) is 11.8 Å². The van der Waals surface area contributed by atoms with E-state index in [1.54, 1.807) is 12.1 Å². The second kappa shape index (κ2) is 5.84. The fourth-order valence-corrected chi connectivity index (χ4v) is 2.41. The van der Waals surface area contributed by atoms with Crippen molar-refractivity contribution in [3.63, 3.8) is 0 Å². The van der Waals surface area contributed by atoms with Gasteiger partial charge in [-0.15, -0.1) is 0 Å². The van der Waals surface area contributed by atoms with Gasteiger partial charge in [0.05, 0.1) is 0 Å². The summed E-state index contributed by atoms with van der Waals surface area (Å²) in [5, 5.41) is 0. The minimum atomic E-state index is -0.408. The van der Waals surface area contributed by atoms with Crippen LogP contribution in [0.5, 0.6) is 0 Å². The Kier molecular flexibility index (Phi) is 4.16. The lowest BCUT2D eigenvalue weighted by Crippen LogP contribution is -2.38. The van der Waals surface area contributed by atoms with Gasteiger partial charge < -0.3 is 11.5 Å². The van der Waals surface area contributed by atoms with Crippen LogP contribution < -0.4 is 11.5 Å². The number of nitrogens with zero attached hydrogens (tertiary/aromatic N) is 1. The summed E-state index contributed by atoms with van der Waals surface area (Å²) in [7, 11) is 0. The van der Waals surface area contributed by atoms with Crippen molar-refractivity contribution in [3.05, 3.63) is 35.4 Å². The van der Waals surface area contributed by atoms with Crippen molar-refractivity contribution in [2.45, 2.75) is 19.4 Å². The number of hydrogen-bond donors (Lipinski definition) is 2. The van der Waals surface area contributed by atoms with Crippen LogP contribution in [0.25, 0.3) is 0 Å². The van der Waals surface area contributed by atoms with Crippen LogP contribution in [0.1, 0.15) is 28.8 Å². The highest BCUT2D eigenvalue weighted by Gasteiger charge is 2.22. The number of benzene rings is 1. The highest BCUT2D eigenvalue weighted by molar-refractivity contribution is 5.92. The molecule has 5 nitrogen and oxygen atoms in total. The van der Waals surface area contributed by atoms with Crippen molar-refractivity contribution in [1.29, 1.82) is 0 Å². The van der Waals surface area contributed by atoms with Crippen molar-refractivity contribution in [2.75, 3.05) is 13.1 Å². The Hall–Kier alpha value is -1.88. The van der Waals surface area contributed by atoms with Gasteiger partial charge in [-0.05, 0) is 43.6 Å². The van der Waals surface area contributed by atoms with Crippen LogP contribution in [0, 0.1) is 5.92 Å². The average molecular weight is 261 g/mol. The monoisotopic (exact) mass is 261 g/mol. The maximum Gasteiger partial charge on any atom is 0.248 e. The fraction of sp³-hybridized carbons (Fsp3) is 0.429. The lowest BCUT2D eigenvalue weighted by atomic mass is 9.96. The Morgan fingerprint density at radius 3 is 2.16 bits per heavy atom. The Bertz CT molecular complexity index is 462. The number of piperidine rings is 1. The standard InChI is InChI=1S/C14H19N3O2/c15-13(18)11-3-1-10(2-4-11)9-17-7-5-12(6-8-17)14(16)19/h1-4,12H,5-9H2,(H2,15,18)(H2,16,19). The molecule has 0 aromatic heterocycles. The van der Waals surface area contributed by atoms with Gasteiger partial charge in [0, 0.05) is 18.0 Å². The summed E-state index contributed by atoms with van der Waals surface area (Å²) in [6, 6.07) is 7.32. The lowest BCUT2D eigenvalue weighted by molar-refractivity contribution is -0.123. The van der Waals surface area contributed by atoms with Gasteiger partial charge in [0.25, 0.3) is 0 Å². The fourth-order valence-electron chi connectivity index (χ4n) is 2.41. The van der Waals surface area contributed by atoms with Crippen LogP contribution in [0.2, 0.25) is 0 Å². The molecule has 1 aromatic carbocycles. The minimum absolute atomic E-state index is 0.0217. The lowest BCUT2D eigenvalue weighted by Gasteiger charge is -2.30. The van der Waals surface area contributed by atoms with E-state index in [0.717, 1.165) is 38.0 Å². The maximum absolute atomic E-state index is 11.1. The quantitative estimate of drug-likeness (QED) is 0.826. The Balaban J connectivity index is 1.88. The second-order valence-corrected chi connectivity index (χ2v) is 5.01. The van der Waals surface area contributed by atoms with Gasteiger partial charge in [0.1, 0.15) is 0 Å². The summed E-state index contributed by atoms with van der Waals surface area (Å²) in [6.07, 6.45) is 1.66. The molecule has 1 heterocycles. The molecular formula is C14H19N3O2. The largest absolute Gasteiger partial charge is 0.369 e. The molecule has 1 aliphatic rings. The molecule has 0 atom stereocenters. The van der Waals surface area contributed by atoms with Crippen molar-refractivity contribution >= 4 is 11.8 Å². The van der Waals surface area contributed by atoms with E-state index in [4.69, 9.17) is 11.5 Å². The van der Waals surface area contributed by atoms with Gasteiger partial charge in [-0.2, -0.15) is 0 Å². The number of carbonyl (C=O) groups is 2. The molecule has 0 aliphatic carbocycles. The third kappa shape index (κ3) is 3.54. The van der Waals surface area contributed by atoms with Crippen molar-refractivity contribution in [3.8, 4) is 0 Å². The first-order valence-corrected chi connectivity index (χ1v) is 6.46. The van der Waals surface area contributed by atoms with E-state index < -0.39 is 5.91 Å². The first-order chi connectivity index (χ1) is 9.06. The van der Waals surface area contributed by atoms with Crippen LogP contribution in [0.15, 0.2) is 24.3 Å². The third-order valence-corrected chi connectivity index (χ3v) is 3.63. The first kappa shape index (κ1) is 13.5.